The Bertz CT molecular complexity index is 1080. The predicted octanol–water partition coefficient (Wildman–Crippen LogP) is 4.69. The zero-order valence-electron chi connectivity index (χ0n) is 12.5. The van der Waals surface area contributed by atoms with Gasteiger partial charge in [0.1, 0.15) is 5.69 Å². The fourth-order valence-electron chi connectivity index (χ4n) is 2.62. The van der Waals surface area contributed by atoms with Crippen LogP contribution in [0.2, 0.25) is 5.02 Å². The summed E-state index contributed by atoms with van der Waals surface area (Å²) < 4.78 is 0. The van der Waals surface area contributed by atoms with Gasteiger partial charge in [-0.3, -0.25) is 9.78 Å². The summed E-state index contributed by atoms with van der Waals surface area (Å²) in [6.45, 7) is 0. The largest absolute Gasteiger partial charge is 0.319 e. The monoisotopic (exact) mass is 333 g/mol. The molecule has 0 radical (unpaired) electrons. The molecule has 2 aromatic heterocycles. The summed E-state index contributed by atoms with van der Waals surface area (Å²) in [5, 5.41) is 5.26. The highest BCUT2D eigenvalue weighted by Crippen LogP contribution is 2.28. The predicted molar refractivity (Wildman–Crippen MR) is 96.4 cm³/mol. The van der Waals surface area contributed by atoms with E-state index in [1.54, 1.807) is 24.4 Å². The Hall–Kier alpha value is -2.98. The third-order valence-corrected chi connectivity index (χ3v) is 4.13. The van der Waals surface area contributed by atoms with E-state index in [0.29, 0.717) is 21.9 Å². The van der Waals surface area contributed by atoms with Crippen molar-refractivity contribution in [3.63, 3.8) is 0 Å². The number of aromatic nitrogens is 2. The van der Waals surface area contributed by atoms with Crippen molar-refractivity contribution in [1.82, 2.24) is 9.97 Å². The minimum Gasteiger partial charge on any atom is -0.319 e. The van der Waals surface area contributed by atoms with E-state index in [0.717, 1.165) is 16.3 Å². The Morgan fingerprint density at radius 2 is 1.83 bits per heavy atom. The maximum Gasteiger partial charge on any atom is 0.274 e. The van der Waals surface area contributed by atoms with Crippen LogP contribution in [-0.4, -0.2) is 15.9 Å². The number of rotatable bonds is 2. The lowest BCUT2D eigenvalue weighted by atomic mass is 10.1. The summed E-state index contributed by atoms with van der Waals surface area (Å²) in [6, 6.07) is 18.4. The van der Waals surface area contributed by atoms with E-state index in [1.807, 2.05) is 42.5 Å². The van der Waals surface area contributed by atoms with E-state index >= 15 is 0 Å². The number of amides is 1. The van der Waals surface area contributed by atoms with Gasteiger partial charge in [0.15, 0.2) is 0 Å². The van der Waals surface area contributed by atoms with Gasteiger partial charge in [0.2, 0.25) is 0 Å². The molecule has 2 aromatic carbocycles. The molecule has 0 aliphatic rings. The number of hydrogen-bond acceptors (Lipinski definition) is 3. The van der Waals surface area contributed by atoms with Crippen LogP contribution in [-0.2, 0) is 0 Å². The third kappa shape index (κ3) is 2.57. The van der Waals surface area contributed by atoms with Gasteiger partial charge >= 0.3 is 0 Å². The lowest BCUT2D eigenvalue weighted by molar-refractivity contribution is 0.102. The van der Waals surface area contributed by atoms with Crippen LogP contribution in [0.1, 0.15) is 10.5 Å². The van der Waals surface area contributed by atoms with E-state index in [4.69, 9.17) is 11.6 Å². The number of carbonyl (C=O) groups is 1. The molecule has 1 N–H and O–H groups in total. The van der Waals surface area contributed by atoms with Gasteiger partial charge in [0, 0.05) is 17.0 Å². The van der Waals surface area contributed by atoms with Gasteiger partial charge in [0.05, 0.1) is 21.7 Å². The minimum atomic E-state index is -0.282. The molecule has 2 heterocycles. The van der Waals surface area contributed by atoms with Crippen LogP contribution in [0.4, 0.5) is 5.69 Å². The molecule has 0 saturated heterocycles. The van der Waals surface area contributed by atoms with E-state index in [-0.39, 0.29) is 5.91 Å². The molecule has 116 valence electrons. The molecule has 4 nitrogen and oxygen atoms in total. The van der Waals surface area contributed by atoms with Crippen molar-refractivity contribution in [1.29, 1.82) is 0 Å². The van der Waals surface area contributed by atoms with E-state index < -0.39 is 0 Å². The van der Waals surface area contributed by atoms with E-state index in [1.165, 1.54) is 0 Å². The van der Waals surface area contributed by atoms with Crippen molar-refractivity contribution in [2.24, 2.45) is 0 Å². The average molecular weight is 334 g/mol. The van der Waals surface area contributed by atoms with Crippen LogP contribution in [0.5, 0.6) is 0 Å². The highest BCUT2D eigenvalue weighted by atomic mass is 35.5. The first kappa shape index (κ1) is 14.6. The Balaban J connectivity index is 1.72. The second-order valence-corrected chi connectivity index (χ2v) is 5.75. The Morgan fingerprint density at radius 3 is 2.75 bits per heavy atom. The van der Waals surface area contributed by atoms with Crippen LogP contribution in [0.15, 0.2) is 66.9 Å². The Morgan fingerprint density at radius 1 is 0.958 bits per heavy atom. The number of fused-ring (bicyclic) bond motifs is 2. The van der Waals surface area contributed by atoms with Gasteiger partial charge in [-0.15, -0.1) is 0 Å². The molecular formula is C19H12ClN3O. The van der Waals surface area contributed by atoms with Gasteiger partial charge in [-0.25, -0.2) is 4.98 Å². The molecule has 0 aliphatic heterocycles. The maximum absolute atomic E-state index is 12.6. The van der Waals surface area contributed by atoms with Crippen LogP contribution < -0.4 is 5.32 Å². The van der Waals surface area contributed by atoms with Crippen molar-refractivity contribution >= 4 is 45.0 Å². The average Bonchev–Trinajstić information content (AvgIpc) is 2.64. The SMILES string of the molecule is O=C(Nc1ccc(Cl)c2cccnc12)c1ccc2ccccc2n1. The summed E-state index contributed by atoms with van der Waals surface area (Å²) in [6.07, 6.45) is 1.67. The van der Waals surface area contributed by atoms with Crippen molar-refractivity contribution in [3.05, 3.63) is 77.6 Å². The Labute approximate surface area is 143 Å². The second-order valence-electron chi connectivity index (χ2n) is 5.34. The van der Waals surface area contributed by atoms with Crippen LogP contribution in [0.3, 0.4) is 0 Å². The van der Waals surface area contributed by atoms with Crippen molar-refractivity contribution in [2.45, 2.75) is 0 Å². The first-order valence-corrected chi connectivity index (χ1v) is 7.80. The zero-order chi connectivity index (χ0) is 16.5. The van der Waals surface area contributed by atoms with E-state index in [2.05, 4.69) is 15.3 Å². The molecule has 0 atom stereocenters. The summed E-state index contributed by atoms with van der Waals surface area (Å²) in [5.41, 5.74) is 2.39. The summed E-state index contributed by atoms with van der Waals surface area (Å²) in [5.74, 6) is -0.282. The molecule has 4 rings (SSSR count). The minimum absolute atomic E-state index is 0.282. The number of anilines is 1. The quantitative estimate of drug-likeness (QED) is 0.579. The molecule has 0 spiro atoms. The number of pyridine rings is 2. The second kappa shape index (κ2) is 5.91. The molecule has 24 heavy (non-hydrogen) atoms. The first-order valence-electron chi connectivity index (χ1n) is 7.43. The number of nitrogens with one attached hydrogen (secondary N) is 1. The van der Waals surface area contributed by atoms with Crippen LogP contribution in [0, 0.1) is 0 Å². The molecule has 4 aromatic rings. The highest BCUT2D eigenvalue weighted by Gasteiger charge is 2.12. The highest BCUT2D eigenvalue weighted by molar-refractivity contribution is 6.36. The van der Waals surface area contributed by atoms with Gasteiger partial charge in [-0.1, -0.05) is 35.9 Å². The van der Waals surface area contributed by atoms with Crippen LogP contribution in [0.25, 0.3) is 21.8 Å². The van der Waals surface area contributed by atoms with Gasteiger partial charge in [-0.05, 0) is 36.4 Å². The lowest BCUT2D eigenvalue weighted by Crippen LogP contribution is -2.14. The smallest absolute Gasteiger partial charge is 0.274 e. The fraction of sp³-hybridized carbons (Fsp3) is 0. The summed E-state index contributed by atoms with van der Waals surface area (Å²) in [4.78, 5) is 21.3. The van der Waals surface area contributed by atoms with Gasteiger partial charge < -0.3 is 5.32 Å². The van der Waals surface area contributed by atoms with Gasteiger partial charge in [0.25, 0.3) is 5.91 Å². The Kier molecular flexibility index (Phi) is 3.59. The van der Waals surface area contributed by atoms with Crippen molar-refractivity contribution < 1.29 is 4.79 Å². The molecule has 0 saturated carbocycles. The maximum atomic E-state index is 12.6. The van der Waals surface area contributed by atoms with Crippen molar-refractivity contribution in [3.8, 4) is 0 Å². The number of hydrogen-bond donors (Lipinski definition) is 1. The first-order chi connectivity index (χ1) is 11.7. The topological polar surface area (TPSA) is 54.9 Å². The molecule has 0 aliphatic carbocycles. The number of nitrogens with zero attached hydrogens (tertiary/aromatic N) is 2. The molecule has 5 heteroatoms. The molecule has 1 amide bonds. The third-order valence-electron chi connectivity index (χ3n) is 3.80. The standard InChI is InChI=1S/C19H12ClN3O/c20-14-8-10-16(18-13(14)5-3-11-21-18)23-19(24)17-9-7-12-4-1-2-6-15(12)22-17/h1-11H,(H,23,24). The summed E-state index contributed by atoms with van der Waals surface area (Å²) in [7, 11) is 0. The normalized spacial score (nSPS) is 10.9. The van der Waals surface area contributed by atoms with Crippen LogP contribution >= 0.6 is 11.6 Å². The molecular weight excluding hydrogens is 322 g/mol. The number of para-hydroxylation sites is 1. The summed E-state index contributed by atoms with van der Waals surface area (Å²) >= 11 is 6.18. The molecule has 0 fully saturated rings. The molecule has 0 bridgehead atoms. The number of halogens is 1. The zero-order valence-corrected chi connectivity index (χ0v) is 13.3. The van der Waals surface area contributed by atoms with Crippen molar-refractivity contribution in [2.75, 3.05) is 5.32 Å². The lowest BCUT2D eigenvalue weighted by Gasteiger charge is -2.09. The van der Waals surface area contributed by atoms with E-state index in [9.17, 15) is 4.79 Å². The number of carbonyl (C=O) groups excluding carboxylic acids is 1. The van der Waals surface area contributed by atoms with Gasteiger partial charge in [-0.2, -0.15) is 0 Å². The fourth-order valence-corrected chi connectivity index (χ4v) is 2.83. The molecule has 0 unspecified atom stereocenters. The number of benzene rings is 2.